The highest BCUT2D eigenvalue weighted by atomic mass is 16.3. The van der Waals surface area contributed by atoms with E-state index in [1.54, 1.807) is 36.2 Å². The molecule has 0 saturated heterocycles. The topological polar surface area (TPSA) is 40.5 Å². The molecule has 1 amide bonds. The first kappa shape index (κ1) is 11.7. The number of hydrogen-bond acceptors (Lipinski definition) is 2. The molecule has 1 N–H and O–H groups in total. The van der Waals surface area contributed by atoms with E-state index >= 15 is 0 Å². The van der Waals surface area contributed by atoms with Crippen molar-refractivity contribution in [1.82, 2.24) is 0 Å². The molecule has 90 valence electrons. The Bertz CT molecular complexity index is 422. The van der Waals surface area contributed by atoms with Gasteiger partial charge in [0, 0.05) is 19.2 Å². The molecular weight excluding hydrogens is 214 g/mol. The first-order valence-corrected chi connectivity index (χ1v) is 5.89. The van der Waals surface area contributed by atoms with E-state index in [1.165, 1.54) is 0 Å². The van der Waals surface area contributed by atoms with E-state index in [1.807, 2.05) is 0 Å². The number of phenolic OH excluding ortho intramolecular Hbond substituents is 1. The predicted octanol–water partition coefficient (Wildman–Crippen LogP) is 2.71. The summed E-state index contributed by atoms with van der Waals surface area (Å²) in [5.41, 5.74) is 0.815. The van der Waals surface area contributed by atoms with Gasteiger partial charge >= 0.3 is 0 Å². The maximum atomic E-state index is 12.0. The third kappa shape index (κ3) is 2.87. The molecule has 0 heterocycles. The van der Waals surface area contributed by atoms with Gasteiger partial charge in [-0.2, -0.15) is 0 Å². The molecule has 0 bridgehead atoms. The van der Waals surface area contributed by atoms with Crippen molar-refractivity contribution < 1.29 is 9.90 Å². The quantitative estimate of drug-likeness (QED) is 0.812. The van der Waals surface area contributed by atoms with Gasteiger partial charge in [0.1, 0.15) is 5.75 Å². The molecule has 0 spiro atoms. The van der Waals surface area contributed by atoms with Crippen LogP contribution in [-0.4, -0.2) is 18.1 Å². The fourth-order valence-corrected chi connectivity index (χ4v) is 2.05. The number of amides is 1. The van der Waals surface area contributed by atoms with Crippen molar-refractivity contribution >= 4 is 11.6 Å². The molecule has 0 fully saturated rings. The first-order valence-electron chi connectivity index (χ1n) is 5.89. The lowest BCUT2D eigenvalue weighted by Crippen LogP contribution is -2.27. The van der Waals surface area contributed by atoms with Crippen molar-refractivity contribution in [3.63, 3.8) is 0 Å². The maximum absolute atomic E-state index is 12.0. The van der Waals surface area contributed by atoms with Gasteiger partial charge in [-0.15, -0.1) is 0 Å². The van der Waals surface area contributed by atoms with Gasteiger partial charge in [0.15, 0.2) is 0 Å². The SMILES string of the molecule is CN(C(=O)CC1C=CCC1)c1ccc(O)cc1. The molecule has 0 aromatic heterocycles. The molecule has 3 nitrogen and oxygen atoms in total. The number of hydrogen-bond donors (Lipinski definition) is 1. The minimum atomic E-state index is 0.118. The summed E-state index contributed by atoms with van der Waals surface area (Å²) >= 11 is 0. The molecule has 1 aromatic rings. The van der Waals surface area contributed by atoms with Gasteiger partial charge in [0.05, 0.1) is 0 Å². The molecular formula is C14H17NO2. The lowest BCUT2D eigenvalue weighted by atomic mass is 10.0. The van der Waals surface area contributed by atoms with E-state index in [-0.39, 0.29) is 11.7 Å². The number of nitrogens with zero attached hydrogens (tertiary/aromatic N) is 1. The van der Waals surface area contributed by atoms with Crippen LogP contribution in [0.25, 0.3) is 0 Å². The maximum Gasteiger partial charge on any atom is 0.227 e. The summed E-state index contributed by atoms with van der Waals surface area (Å²) in [5, 5.41) is 9.19. The van der Waals surface area contributed by atoms with E-state index in [2.05, 4.69) is 12.2 Å². The second-order valence-corrected chi connectivity index (χ2v) is 4.44. The van der Waals surface area contributed by atoms with Crippen LogP contribution in [0.5, 0.6) is 5.75 Å². The molecule has 0 radical (unpaired) electrons. The van der Waals surface area contributed by atoms with Crippen molar-refractivity contribution in [2.75, 3.05) is 11.9 Å². The molecule has 0 saturated carbocycles. The zero-order valence-corrected chi connectivity index (χ0v) is 9.97. The highest BCUT2D eigenvalue weighted by Crippen LogP contribution is 2.23. The Morgan fingerprint density at radius 1 is 1.41 bits per heavy atom. The van der Waals surface area contributed by atoms with Crippen LogP contribution in [-0.2, 0) is 4.79 Å². The van der Waals surface area contributed by atoms with Crippen molar-refractivity contribution in [3.05, 3.63) is 36.4 Å². The summed E-state index contributed by atoms with van der Waals surface area (Å²) in [6.07, 6.45) is 6.99. The van der Waals surface area contributed by atoms with E-state index in [9.17, 15) is 9.90 Å². The molecule has 1 aromatic carbocycles. The minimum absolute atomic E-state index is 0.118. The lowest BCUT2D eigenvalue weighted by molar-refractivity contribution is -0.118. The summed E-state index contributed by atoms with van der Waals surface area (Å²) in [4.78, 5) is 13.7. The Morgan fingerprint density at radius 3 is 2.71 bits per heavy atom. The number of carbonyl (C=O) groups excluding carboxylic acids is 1. The van der Waals surface area contributed by atoms with Gasteiger partial charge in [0.2, 0.25) is 5.91 Å². The Labute approximate surface area is 101 Å². The first-order chi connectivity index (χ1) is 8.16. The Kier molecular flexibility index (Phi) is 3.47. The normalized spacial score (nSPS) is 18.3. The number of carbonyl (C=O) groups is 1. The molecule has 1 aliphatic rings. The van der Waals surface area contributed by atoms with E-state index in [0.717, 1.165) is 18.5 Å². The average Bonchev–Trinajstić information content (AvgIpc) is 2.82. The number of rotatable bonds is 3. The number of anilines is 1. The van der Waals surface area contributed by atoms with Gasteiger partial charge in [-0.1, -0.05) is 12.2 Å². The third-order valence-electron chi connectivity index (χ3n) is 3.16. The molecule has 17 heavy (non-hydrogen) atoms. The smallest absolute Gasteiger partial charge is 0.227 e. The van der Waals surface area contributed by atoms with Gasteiger partial charge in [-0.25, -0.2) is 0 Å². The average molecular weight is 231 g/mol. The Balaban J connectivity index is 1.98. The second-order valence-electron chi connectivity index (χ2n) is 4.44. The zero-order chi connectivity index (χ0) is 12.3. The van der Waals surface area contributed by atoms with Gasteiger partial charge in [-0.05, 0) is 43.0 Å². The lowest BCUT2D eigenvalue weighted by Gasteiger charge is -2.19. The van der Waals surface area contributed by atoms with Gasteiger partial charge in [-0.3, -0.25) is 4.79 Å². The summed E-state index contributed by atoms with van der Waals surface area (Å²) in [7, 11) is 1.77. The molecule has 1 unspecified atom stereocenters. The standard InChI is InChI=1S/C14H17NO2/c1-15(12-6-8-13(16)9-7-12)14(17)10-11-4-2-3-5-11/h2,4,6-9,11,16H,3,5,10H2,1H3. The number of allylic oxidation sites excluding steroid dienone is 2. The monoisotopic (exact) mass is 231 g/mol. The van der Waals surface area contributed by atoms with Crippen LogP contribution in [0.1, 0.15) is 19.3 Å². The molecule has 1 aliphatic carbocycles. The van der Waals surface area contributed by atoms with Gasteiger partial charge in [0.25, 0.3) is 0 Å². The van der Waals surface area contributed by atoms with E-state index < -0.39 is 0 Å². The highest BCUT2D eigenvalue weighted by molar-refractivity contribution is 5.93. The fraction of sp³-hybridized carbons (Fsp3) is 0.357. The molecule has 2 rings (SSSR count). The largest absolute Gasteiger partial charge is 0.508 e. The molecule has 1 atom stereocenters. The Hall–Kier alpha value is -1.77. The summed E-state index contributed by atoms with van der Waals surface area (Å²) in [5.74, 6) is 0.725. The van der Waals surface area contributed by atoms with E-state index in [4.69, 9.17) is 0 Å². The van der Waals surface area contributed by atoms with Crippen LogP contribution >= 0.6 is 0 Å². The van der Waals surface area contributed by atoms with Crippen LogP contribution in [0.2, 0.25) is 0 Å². The van der Waals surface area contributed by atoms with Gasteiger partial charge < -0.3 is 10.0 Å². The van der Waals surface area contributed by atoms with Crippen molar-refractivity contribution in [2.45, 2.75) is 19.3 Å². The highest BCUT2D eigenvalue weighted by Gasteiger charge is 2.17. The van der Waals surface area contributed by atoms with Crippen LogP contribution in [0.3, 0.4) is 0 Å². The number of benzene rings is 1. The number of phenols is 1. The van der Waals surface area contributed by atoms with Crippen molar-refractivity contribution in [3.8, 4) is 5.75 Å². The summed E-state index contributed by atoms with van der Waals surface area (Å²) in [6.45, 7) is 0. The third-order valence-corrected chi connectivity index (χ3v) is 3.16. The zero-order valence-electron chi connectivity index (χ0n) is 9.97. The Morgan fingerprint density at radius 2 is 2.12 bits per heavy atom. The predicted molar refractivity (Wildman–Crippen MR) is 68.0 cm³/mol. The second kappa shape index (κ2) is 5.04. The van der Waals surface area contributed by atoms with Crippen molar-refractivity contribution in [2.24, 2.45) is 5.92 Å². The van der Waals surface area contributed by atoms with E-state index in [0.29, 0.717) is 12.3 Å². The fourth-order valence-electron chi connectivity index (χ4n) is 2.05. The molecule has 0 aliphatic heterocycles. The van der Waals surface area contributed by atoms with Crippen LogP contribution in [0, 0.1) is 5.92 Å². The van der Waals surface area contributed by atoms with Crippen LogP contribution in [0.15, 0.2) is 36.4 Å². The number of aromatic hydroxyl groups is 1. The summed E-state index contributed by atoms with van der Waals surface area (Å²) in [6, 6.07) is 6.68. The summed E-state index contributed by atoms with van der Waals surface area (Å²) < 4.78 is 0. The molecule has 3 heteroatoms. The van der Waals surface area contributed by atoms with Crippen molar-refractivity contribution in [1.29, 1.82) is 0 Å². The van der Waals surface area contributed by atoms with Crippen LogP contribution in [0.4, 0.5) is 5.69 Å². The van der Waals surface area contributed by atoms with Crippen LogP contribution < -0.4 is 4.90 Å². The minimum Gasteiger partial charge on any atom is -0.508 e.